The molecule has 25 heavy (non-hydrogen) atoms. The number of hydrogen-bond donors (Lipinski definition) is 1. The van der Waals surface area contributed by atoms with Crippen molar-refractivity contribution in [2.75, 3.05) is 0 Å². The van der Waals surface area contributed by atoms with Crippen molar-refractivity contribution in [1.29, 1.82) is 5.26 Å². The van der Waals surface area contributed by atoms with E-state index >= 15 is 0 Å². The van der Waals surface area contributed by atoms with Gasteiger partial charge in [-0.25, -0.2) is 0 Å². The number of rotatable bonds is 9. The van der Waals surface area contributed by atoms with Crippen LogP contribution < -0.4 is 0 Å². The van der Waals surface area contributed by atoms with Gasteiger partial charge < -0.3 is 5.11 Å². The van der Waals surface area contributed by atoms with Crippen molar-refractivity contribution in [1.82, 2.24) is 0 Å². The second-order valence-corrected chi connectivity index (χ2v) is 6.72. The van der Waals surface area contributed by atoms with Crippen LogP contribution in [0.1, 0.15) is 62.5 Å². The third-order valence-electron chi connectivity index (χ3n) is 4.86. The largest absolute Gasteiger partial charge is 0.481 e. The monoisotopic (exact) mass is 339 g/mol. The van der Waals surface area contributed by atoms with E-state index in [-0.39, 0.29) is 18.3 Å². The highest BCUT2D eigenvalue weighted by Crippen LogP contribution is 2.34. The Bertz CT molecular complexity index is 672. The Morgan fingerprint density at radius 1 is 1.28 bits per heavy atom. The minimum Gasteiger partial charge on any atom is -0.481 e. The summed E-state index contributed by atoms with van der Waals surface area (Å²) in [7, 11) is 0. The molecule has 1 aliphatic carbocycles. The van der Waals surface area contributed by atoms with E-state index in [0.717, 1.165) is 37.7 Å². The average Bonchev–Trinajstić information content (AvgIpc) is 2.96. The lowest BCUT2D eigenvalue weighted by molar-refractivity contribution is -0.137. The van der Waals surface area contributed by atoms with E-state index in [2.05, 4.69) is 12.1 Å². The predicted molar refractivity (Wildman–Crippen MR) is 96.7 cm³/mol. The highest BCUT2D eigenvalue weighted by molar-refractivity contribution is 5.84. The number of allylic oxidation sites excluding steroid dienone is 1. The van der Waals surface area contributed by atoms with Crippen molar-refractivity contribution in [2.24, 2.45) is 11.8 Å². The molecule has 0 amide bonds. The summed E-state index contributed by atoms with van der Waals surface area (Å²) in [6.07, 6.45) is 10.4. The number of carboxylic acid groups (broad SMARTS) is 1. The summed E-state index contributed by atoms with van der Waals surface area (Å²) in [6, 6.07) is 9.60. The first-order valence-electron chi connectivity index (χ1n) is 9.03. The van der Waals surface area contributed by atoms with Crippen LogP contribution in [0.4, 0.5) is 0 Å². The molecular formula is C21H25NO3. The number of aliphatic carboxylic acids is 1. The topological polar surface area (TPSA) is 78.2 Å². The standard InChI is InChI=1S/C21H25NO3/c22-15-17-7-5-6-16(14-17)10-11-18-12-13-20(23)19(18)8-3-1-2-4-9-21(24)25/h5-7,10-11,14,18-19H,1-4,8-9,12-13H2,(H,24,25). The second-order valence-electron chi connectivity index (χ2n) is 6.72. The molecule has 1 aromatic rings. The fourth-order valence-corrected chi connectivity index (χ4v) is 3.48. The van der Waals surface area contributed by atoms with Crippen molar-refractivity contribution < 1.29 is 14.7 Å². The van der Waals surface area contributed by atoms with Crippen LogP contribution in [0.5, 0.6) is 0 Å². The molecular weight excluding hydrogens is 314 g/mol. The first-order valence-corrected chi connectivity index (χ1v) is 9.03. The molecule has 2 unspecified atom stereocenters. The first-order chi connectivity index (χ1) is 12.1. The number of unbranched alkanes of at least 4 members (excludes halogenated alkanes) is 3. The normalized spacial score (nSPS) is 20.0. The summed E-state index contributed by atoms with van der Waals surface area (Å²) in [5.74, 6) is -0.0188. The van der Waals surface area contributed by atoms with Gasteiger partial charge in [0.2, 0.25) is 0 Å². The van der Waals surface area contributed by atoms with Crippen LogP contribution in [0.25, 0.3) is 6.08 Å². The Balaban J connectivity index is 1.83. The maximum atomic E-state index is 12.2. The van der Waals surface area contributed by atoms with Crippen molar-refractivity contribution in [2.45, 2.75) is 51.4 Å². The lowest BCUT2D eigenvalue weighted by atomic mass is 9.89. The molecule has 1 N–H and O–H groups in total. The molecule has 0 aliphatic heterocycles. The van der Waals surface area contributed by atoms with Crippen molar-refractivity contribution in [3.8, 4) is 6.07 Å². The van der Waals surface area contributed by atoms with E-state index in [1.54, 1.807) is 6.07 Å². The number of nitriles is 1. The van der Waals surface area contributed by atoms with Gasteiger partial charge in [-0.1, -0.05) is 43.5 Å². The van der Waals surface area contributed by atoms with Crippen molar-refractivity contribution in [3.63, 3.8) is 0 Å². The fourth-order valence-electron chi connectivity index (χ4n) is 3.48. The molecule has 4 heteroatoms. The molecule has 1 aromatic carbocycles. The van der Waals surface area contributed by atoms with Gasteiger partial charge in [-0.3, -0.25) is 9.59 Å². The molecule has 0 bridgehead atoms. The van der Waals surface area contributed by atoms with Crippen molar-refractivity contribution in [3.05, 3.63) is 41.5 Å². The fraction of sp³-hybridized carbons (Fsp3) is 0.476. The van der Waals surface area contributed by atoms with Crippen molar-refractivity contribution >= 4 is 17.8 Å². The molecule has 0 heterocycles. The molecule has 1 fully saturated rings. The van der Waals surface area contributed by atoms with Gasteiger partial charge >= 0.3 is 5.97 Å². The van der Waals surface area contributed by atoms with Gasteiger partial charge in [0.15, 0.2) is 0 Å². The van der Waals surface area contributed by atoms with E-state index in [4.69, 9.17) is 10.4 Å². The third kappa shape index (κ3) is 6.19. The number of carbonyl (C=O) groups excluding carboxylic acids is 1. The number of ketones is 1. The smallest absolute Gasteiger partial charge is 0.303 e. The van der Waals surface area contributed by atoms with E-state index in [1.807, 2.05) is 24.3 Å². The molecule has 1 saturated carbocycles. The third-order valence-corrected chi connectivity index (χ3v) is 4.86. The summed E-state index contributed by atoms with van der Waals surface area (Å²) in [5.41, 5.74) is 1.63. The molecule has 4 nitrogen and oxygen atoms in total. The van der Waals surface area contributed by atoms with E-state index in [9.17, 15) is 9.59 Å². The SMILES string of the molecule is N#Cc1cccc(C=CC2CCC(=O)C2CCCCCCC(=O)O)c1. The number of hydrogen-bond acceptors (Lipinski definition) is 3. The number of benzene rings is 1. The van der Waals surface area contributed by atoms with Crippen LogP contribution in [-0.4, -0.2) is 16.9 Å². The minimum atomic E-state index is -0.739. The Kier molecular flexibility index (Phi) is 7.40. The van der Waals surface area contributed by atoms with Gasteiger partial charge in [-0.2, -0.15) is 5.26 Å². The predicted octanol–water partition coefficient (Wildman–Crippen LogP) is 4.59. The highest BCUT2D eigenvalue weighted by atomic mass is 16.4. The summed E-state index contributed by atoms with van der Waals surface area (Å²) in [6.45, 7) is 0. The summed E-state index contributed by atoms with van der Waals surface area (Å²) < 4.78 is 0. The number of carbonyl (C=O) groups is 2. The lowest BCUT2D eigenvalue weighted by Gasteiger charge is -2.14. The summed E-state index contributed by atoms with van der Waals surface area (Å²) in [5, 5.41) is 17.6. The van der Waals surface area contributed by atoms with E-state index in [1.165, 1.54) is 0 Å². The molecule has 0 radical (unpaired) electrons. The van der Waals surface area contributed by atoms with E-state index in [0.29, 0.717) is 24.2 Å². The molecule has 2 rings (SSSR count). The van der Waals surface area contributed by atoms with Gasteiger partial charge in [-0.15, -0.1) is 0 Å². The van der Waals surface area contributed by atoms with Crippen LogP contribution in [0.2, 0.25) is 0 Å². The van der Waals surface area contributed by atoms with Crippen LogP contribution in [0.15, 0.2) is 30.3 Å². The van der Waals surface area contributed by atoms with Crippen LogP contribution in [0.3, 0.4) is 0 Å². The molecule has 0 aromatic heterocycles. The van der Waals surface area contributed by atoms with Gasteiger partial charge in [0.25, 0.3) is 0 Å². The second kappa shape index (κ2) is 9.78. The quantitative estimate of drug-likeness (QED) is 0.667. The minimum absolute atomic E-state index is 0.0925. The lowest BCUT2D eigenvalue weighted by Crippen LogP contribution is -2.13. The Morgan fingerprint density at radius 2 is 2.08 bits per heavy atom. The molecule has 2 atom stereocenters. The zero-order valence-corrected chi connectivity index (χ0v) is 14.5. The van der Waals surface area contributed by atoms with Crippen LogP contribution >= 0.6 is 0 Å². The Labute approximate surface area is 149 Å². The molecule has 0 spiro atoms. The van der Waals surface area contributed by atoms with Crippen LogP contribution in [0, 0.1) is 23.2 Å². The average molecular weight is 339 g/mol. The van der Waals surface area contributed by atoms with E-state index < -0.39 is 5.97 Å². The Hall–Kier alpha value is -2.41. The first kappa shape index (κ1) is 18.9. The van der Waals surface area contributed by atoms with Crippen LogP contribution in [-0.2, 0) is 9.59 Å². The number of carboxylic acids is 1. The Morgan fingerprint density at radius 3 is 2.84 bits per heavy atom. The zero-order valence-electron chi connectivity index (χ0n) is 14.5. The maximum Gasteiger partial charge on any atom is 0.303 e. The maximum absolute atomic E-state index is 12.2. The zero-order chi connectivity index (χ0) is 18.1. The molecule has 1 aliphatic rings. The highest BCUT2D eigenvalue weighted by Gasteiger charge is 2.32. The summed E-state index contributed by atoms with van der Waals surface area (Å²) in [4.78, 5) is 22.6. The number of nitrogens with zero attached hydrogens (tertiary/aromatic N) is 1. The van der Waals surface area contributed by atoms with Gasteiger partial charge in [0, 0.05) is 18.8 Å². The van der Waals surface area contributed by atoms with Gasteiger partial charge in [0.05, 0.1) is 11.6 Å². The molecule has 132 valence electrons. The molecule has 0 saturated heterocycles. The summed E-state index contributed by atoms with van der Waals surface area (Å²) >= 11 is 0. The number of Topliss-reactive ketones (excluding diaryl/α,β-unsaturated/α-hetero) is 1. The van der Waals surface area contributed by atoms with Gasteiger partial charge in [0.1, 0.15) is 5.78 Å². The van der Waals surface area contributed by atoms with Gasteiger partial charge in [-0.05, 0) is 42.9 Å².